The molecular weight excluding hydrogens is 422 g/mol. The molecule has 1 atom stereocenters. The zero-order valence-corrected chi connectivity index (χ0v) is 20.9. The van der Waals surface area contributed by atoms with Gasteiger partial charge in [0.1, 0.15) is 11.6 Å². The molecule has 5 heteroatoms. The van der Waals surface area contributed by atoms with Crippen LogP contribution in [0.3, 0.4) is 0 Å². The second-order valence-electron chi connectivity index (χ2n) is 9.10. The fourth-order valence-corrected chi connectivity index (χ4v) is 4.57. The summed E-state index contributed by atoms with van der Waals surface area (Å²) in [6, 6.07) is 17.8. The third-order valence-electron chi connectivity index (χ3n) is 6.81. The molecule has 1 aromatic heterocycles. The van der Waals surface area contributed by atoms with Gasteiger partial charge in [0.2, 0.25) is 5.91 Å². The summed E-state index contributed by atoms with van der Waals surface area (Å²) in [6.45, 7) is 11.4. The molecule has 1 heterocycles. The fraction of sp³-hybridized carbons (Fsp3) is 0.310. The van der Waals surface area contributed by atoms with E-state index in [1.54, 1.807) is 7.11 Å². The zero-order chi connectivity index (χ0) is 24.4. The van der Waals surface area contributed by atoms with E-state index in [0.29, 0.717) is 13.0 Å². The number of rotatable bonds is 7. The number of aromatic nitrogens is 2. The molecule has 1 amide bonds. The van der Waals surface area contributed by atoms with Crippen molar-refractivity contribution >= 4 is 16.9 Å². The molecule has 0 aliphatic carbocycles. The molecule has 34 heavy (non-hydrogen) atoms. The van der Waals surface area contributed by atoms with Crippen molar-refractivity contribution in [1.29, 1.82) is 0 Å². The normalized spacial score (nSPS) is 12.1. The van der Waals surface area contributed by atoms with Gasteiger partial charge in [0.05, 0.1) is 30.6 Å². The first-order valence-corrected chi connectivity index (χ1v) is 11.7. The molecule has 1 unspecified atom stereocenters. The van der Waals surface area contributed by atoms with Crippen molar-refractivity contribution in [1.82, 2.24) is 14.9 Å². The zero-order valence-electron chi connectivity index (χ0n) is 20.9. The van der Waals surface area contributed by atoms with Gasteiger partial charge >= 0.3 is 0 Å². The molecule has 0 aliphatic heterocycles. The van der Waals surface area contributed by atoms with E-state index in [9.17, 15) is 4.79 Å². The lowest BCUT2D eigenvalue weighted by molar-refractivity contribution is -0.121. The molecule has 176 valence electrons. The molecule has 0 aliphatic rings. The van der Waals surface area contributed by atoms with Crippen molar-refractivity contribution in [3.8, 4) is 5.75 Å². The van der Waals surface area contributed by atoms with Crippen LogP contribution in [0.5, 0.6) is 5.75 Å². The van der Waals surface area contributed by atoms with Crippen LogP contribution in [0.1, 0.15) is 52.2 Å². The lowest BCUT2D eigenvalue weighted by Gasteiger charge is -2.20. The van der Waals surface area contributed by atoms with E-state index in [-0.39, 0.29) is 11.9 Å². The Morgan fingerprint density at radius 3 is 2.29 bits per heavy atom. The number of benzene rings is 3. The quantitative estimate of drug-likeness (QED) is 0.386. The van der Waals surface area contributed by atoms with Gasteiger partial charge in [-0.15, -0.1) is 0 Å². The first-order valence-electron chi connectivity index (χ1n) is 11.7. The summed E-state index contributed by atoms with van der Waals surface area (Å²) in [4.78, 5) is 17.8. The number of carbonyl (C=O) groups excluding carboxylic acids is 1. The number of para-hydroxylation sites is 2. The van der Waals surface area contributed by atoms with Crippen LogP contribution in [-0.4, -0.2) is 22.6 Å². The molecule has 0 radical (unpaired) electrons. The lowest BCUT2D eigenvalue weighted by atomic mass is 9.94. The van der Waals surface area contributed by atoms with Crippen molar-refractivity contribution < 1.29 is 9.53 Å². The molecule has 4 aromatic rings. The Kier molecular flexibility index (Phi) is 6.73. The predicted octanol–water partition coefficient (Wildman–Crippen LogP) is 5.75. The highest BCUT2D eigenvalue weighted by Crippen LogP contribution is 2.27. The topological polar surface area (TPSA) is 56.1 Å². The number of nitrogens with zero attached hydrogens (tertiary/aromatic N) is 2. The first kappa shape index (κ1) is 23.6. The van der Waals surface area contributed by atoms with E-state index in [1.165, 1.54) is 27.8 Å². The summed E-state index contributed by atoms with van der Waals surface area (Å²) in [5, 5.41) is 3.16. The van der Waals surface area contributed by atoms with Crippen molar-refractivity contribution in [3.05, 3.63) is 93.8 Å². The van der Waals surface area contributed by atoms with E-state index in [1.807, 2.05) is 49.4 Å². The Balaban J connectivity index is 1.64. The predicted molar refractivity (Wildman–Crippen MR) is 137 cm³/mol. The van der Waals surface area contributed by atoms with Crippen LogP contribution in [0.2, 0.25) is 0 Å². The van der Waals surface area contributed by atoms with E-state index in [4.69, 9.17) is 9.72 Å². The van der Waals surface area contributed by atoms with Gasteiger partial charge in [-0.2, -0.15) is 0 Å². The van der Waals surface area contributed by atoms with E-state index < -0.39 is 0 Å². The Morgan fingerprint density at radius 1 is 1.00 bits per heavy atom. The highest BCUT2D eigenvalue weighted by atomic mass is 16.5. The average Bonchev–Trinajstić information content (AvgIpc) is 3.19. The summed E-state index contributed by atoms with van der Waals surface area (Å²) in [5.41, 5.74) is 9.49. The number of aryl methyl sites for hydroxylation is 2. The number of hydrogen-bond acceptors (Lipinski definition) is 3. The van der Waals surface area contributed by atoms with Gasteiger partial charge in [-0.25, -0.2) is 4.98 Å². The van der Waals surface area contributed by atoms with E-state index in [2.05, 4.69) is 49.7 Å². The minimum atomic E-state index is -0.232. The number of nitrogens with one attached hydrogen (secondary N) is 1. The highest BCUT2D eigenvalue weighted by Gasteiger charge is 2.20. The highest BCUT2D eigenvalue weighted by molar-refractivity contribution is 5.80. The molecule has 0 bridgehead atoms. The standard InChI is InChI=1S/C29H33N3O2/c1-18-15-19(2)21(4)25(20(18)3)17-32-27-10-8-7-9-26(27)31-29(32)22(5)30-28(33)16-23-11-13-24(34-6)14-12-23/h7-15,22H,16-17H2,1-6H3,(H,30,33). The van der Waals surface area contributed by atoms with Gasteiger partial charge in [-0.05, 0) is 92.3 Å². The minimum absolute atomic E-state index is 0.0324. The van der Waals surface area contributed by atoms with Gasteiger partial charge in [0.15, 0.2) is 0 Å². The molecule has 3 aromatic carbocycles. The molecule has 0 spiro atoms. The number of methoxy groups -OCH3 is 1. The SMILES string of the molecule is COc1ccc(CC(=O)NC(C)c2nc3ccccc3n2Cc2c(C)c(C)cc(C)c2C)cc1. The number of fused-ring (bicyclic) bond motifs is 1. The summed E-state index contributed by atoms with van der Waals surface area (Å²) in [5.74, 6) is 1.61. The lowest BCUT2D eigenvalue weighted by Crippen LogP contribution is -2.30. The maximum atomic E-state index is 12.9. The van der Waals surface area contributed by atoms with Gasteiger partial charge in [-0.1, -0.05) is 30.3 Å². The molecular formula is C29H33N3O2. The van der Waals surface area contributed by atoms with Crippen LogP contribution in [-0.2, 0) is 17.8 Å². The van der Waals surface area contributed by atoms with Crippen LogP contribution in [0.4, 0.5) is 0 Å². The van der Waals surface area contributed by atoms with Crippen molar-refractivity contribution in [2.75, 3.05) is 7.11 Å². The monoisotopic (exact) mass is 455 g/mol. The maximum Gasteiger partial charge on any atom is 0.224 e. The Hall–Kier alpha value is -3.60. The van der Waals surface area contributed by atoms with Crippen molar-refractivity contribution in [3.63, 3.8) is 0 Å². The second kappa shape index (κ2) is 9.72. The average molecular weight is 456 g/mol. The van der Waals surface area contributed by atoms with E-state index in [0.717, 1.165) is 28.2 Å². The van der Waals surface area contributed by atoms with Gasteiger partial charge in [-0.3, -0.25) is 4.79 Å². The fourth-order valence-electron chi connectivity index (χ4n) is 4.57. The Bertz CT molecular complexity index is 1310. The van der Waals surface area contributed by atoms with Gasteiger partial charge < -0.3 is 14.6 Å². The smallest absolute Gasteiger partial charge is 0.224 e. The molecule has 1 N–H and O–H groups in total. The van der Waals surface area contributed by atoms with Crippen LogP contribution in [0.25, 0.3) is 11.0 Å². The van der Waals surface area contributed by atoms with Crippen LogP contribution in [0, 0.1) is 27.7 Å². The Labute approximate surface area is 201 Å². The maximum absolute atomic E-state index is 12.9. The van der Waals surface area contributed by atoms with Gasteiger partial charge in [0, 0.05) is 6.54 Å². The van der Waals surface area contributed by atoms with Crippen LogP contribution < -0.4 is 10.1 Å². The minimum Gasteiger partial charge on any atom is -0.497 e. The van der Waals surface area contributed by atoms with Crippen LogP contribution in [0.15, 0.2) is 54.6 Å². The van der Waals surface area contributed by atoms with Crippen molar-refractivity contribution in [2.24, 2.45) is 0 Å². The van der Waals surface area contributed by atoms with Crippen LogP contribution >= 0.6 is 0 Å². The third-order valence-corrected chi connectivity index (χ3v) is 6.81. The molecule has 0 saturated carbocycles. The number of imidazole rings is 1. The largest absolute Gasteiger partial charge is 0.497 e. The van der Waals surface area contributed by atoms with Crippen molar-refractivity contribution in [2.45, 2.75) is 53.6 Å². The number of carbonyl (C=O) groups is 1. The number of amides is 1. The van der Waals surface area contributed by atoms with E-state index >= 15 is 0 Å². The van der Waals surface area contributed by atoms with Gasteiger partial charge in [0.25, 0.3) is 0 Å². The summed E-state index contributed by atoms with van der Waals surface area (Å²) >= 11 is 0. The number of ether oxygens (including phenoxy) is 1. The Morgan fingerprint density at radius 2 is 1.65 bits per heavy atom. The second-order valence-corrected chi connectivity index (χ2v) is 9.10. The molecule has 0 saturated heterocycles. The third kappa shape index (κ3) is 4.69. The summed E-state index contributed by atoms with van der Waals surface area (Å²) in [6.07, 6.45) is 0.309. The summed E-state index contributed by atoms with van der Waals surface area (Å²) in [7, 11) is 1.64. The number of hydrogen-bond donors (Lipinski definition) is 1. The molecule has 5 nitrogen and oxygen atoms in total. The summed E-state index contributed by atoms with van der Waals surface area (Å²) < 4.78 is 7.46. The molecule has 4 rings (SSSR count). The molecule has 0 fully saturated rings. The first-order chi connectivity index (χ1) is 16.3.